The second-order valence-corrected chi connectivity index (χ2v) is 2.83. The van der Waals surface area contributed by atoms with Crippen molar-refractivity contribution in [2.75, 3.05) is 33.0 Å². The lowest BCUT2D eigenvalue weighted by Crippen LogP contribution is -2.15. The Kier molecular flexibility index (Phi) is 26.6. The minimum atomic E-state index is -0.954. The van der Waals surface area contributed by atoms with Gasteiger partial charge in [-0.3, -0.25) is 0 Å². The molecule has 16 heavy (non-hydrogen) atoms. The molecule has 1 unspecified atom stereocenters. The zero-order valence-corrected chi connectivity index (χ0v) is 10.3. The van der Waals surface area contributed by atoms with E-state index in [9.17, 15) is 0 Å². The molecule has 0 amide bonds. The Morgan fingerprint density at radius 3 is 1.19 bits per heavy atom. The van der Waals surface area contributed by atoms with Crippen molar-refractivity contribution in [2.24, 2.45) is 0 Å². The predicted molar refractivity (Wildman–Crippen MR) is 61.1 cm³/mol. The summed E-state index contributed by atoms with van der Waals surface area (Å²) in [4.78, 5) is 0. The number of ether oxygens (including phenoxy) is 1. The molecule has 0 rings (SSSR count). The van der Waals surface area contributed by atoms with E-state index >= 15 is 0 Å². The third-order valence-corrected chi connectivity index (χ3v) is 1.09. The van der Waals surface area contributed by atoms with Gasteiger partial charge in [0.1, 0.15) is 6.10 Å². The summed E-state index contributed by atoms with van der Waals surface area (Å²) >= 11 is 0. The Morgan fingerprint density at radius 2 is 1.19 bits per heavy atom. The molecule has 1 atom stereocenters. The van der Waals surface area contributed by atoms with Crippen molar-refractivity contribution in [3.8, 4) is 0 Å². The van der Waals surface area contributed by atoms with Crippen LogP contribution in [0.5, 0.6) is 0 Å². The fraction of sp³-hybridized carbons (Fsp3) is 1.00. The molecule has 0 radical (unpaired) electrons. The zero-order valence-electron chi connectivity index (χ0n) is 10.3. The van der Waals surface area contributed by atoms with Crippen molar-refractivity contribution in [1.82, 2.24) is 0 Å². The maximum atomic E-state index is 8.17. The number of rotatable bonds is 5. The van der Waals surface area contributed by atoms with E-state index in [0.29, 0.717) is 0 Å². The van der Waals surface area contributed by atoms with E-state index in [-0.39, 0.29) is 19.8 Å². The highest BCUT2D eigenvalue weighted by Gasteiger charge is 1.93. The van der Waals surface area contributed by atoms with Gasteiger partial charge in [0.05, 0.1) is 25.9 Å². The lowest BCUT2D eigenvalue weighted by molar-refractivity contribution is 0.0450. The van der Waals surface area contributed by atoms with Crippen molar-refractivity contribution < 1.29 is 30.3 Å². The SMILES string of the molecule is CC(O)CO.CCOCC.OCC(O)CO. The molecule has 6 heteroatoms. The van der Waals surface area contributed by atoms with Crippen molar-refractivity contribution in [3.63, 3.8) is 0 Å². The van der Waals surface area contributed by atoms with Gasteiger partial charge >= 0.3 is 0 Å². The highest BCUT2D eigenvalue weighted by atomic mass is 16.5. The lowest BCUT2D eigenvalue weighted by Gasteiger charge is -1.96. The van der Waals surface area contributed by atoms with E-state index in [4.69, 9.17) is 30.3 Å². The number of hydrogen-bond acceptors (Lipinski definition) is 6. The minimum Gasteiger partial charge on any atom is -0.394 e. The first-order valence-corrected chi connectivity index (χ1v) is 5.26. The third-order valence-electron chi connectivity index (χ3n) is 1.09. The summed E-state index contributed by atoms with van der Waals surface area (Å²) in [6.07, 6.45) is -1.51. The van der Waals surface area contributed by atoms with Gasteiger partial charge in [-0.2, -0.15) is 0 Å². The van der Waals surface area contributed by atoms with Crippen molar-refractivity contribution in [2.45, 2.75) is 33.0 Å². The molecule has 5 N–H and O–H groups in total. The Bertz CT molecular complexity index is 93.3. The number of aliphatic hydroxyl groups excluding tert-OH is 5. The minimum absolute atomic E-state index is 0.139. The van der Waals surface area contributed by atoms with Gasteiger partial charge in [0.2, 0.25) is 0 Å². The average Bonchev–Trinajstić information content (AvgIpc) is 2.30. The molecule has 0 aromatic rings. The van der Waals surface area contributed by atoms with Crippen LogP contribution < -0.4 is 0 Å². The molecule has 0 aliphatic heterocycles. The van der Waals surface area contributed by atoms with Gasteiger partial charge in [0.25, 0.3) is 0 Å². The quantitative estimate of drug-likeness (QED) is 0.411. The molecule has 0 spiro atoms. The molecule has 0 aliphatic carbocycles. The van der Waals surface area contributed by atoms with Gasteiger partial charge in [-0.1, -0.05) is 0 Å². The van der Waals surface area contributed by atoms with E-state index < -0.39 is 12.2 Å². The smallest absolute Gasteiger partial charge is 0.100 e. The van der Waals surface area contributed by atoms with Crippen LogP contribution in [0.1, 0.15) is 20.8 Å². The molecule has 0 aromatic carbocycles. The third kappa shape index (κ3) is 37.2. The first kappa shape index (κ1) is 21.1. The van der Waals surface area contributed by atoms with E-state index in [1.165, 1.54) is 6.92 Å². The summed E-state index contributed by atoms with van der Waals surface area (Å²) in [6.45, 7) is 6.33. The van der Waals surface area contributed by atoms with E-state index in [1.807, 2.05) is 13.8 Å². The first-order valence-electron chi connectivity index (χ1n) is 5.26. The van der Waals surface area contributed by atoms with Gasteiger partial charge in [-0.05, 0) is 20.8 Å². The average molecular weight is 242 g/mol. The van der Waals surface area contributed by atoms with Crippen molar-refractivity contribution in [1.29, 1.82) is 0 Å². The van der Waals surface area contributed by atoms with Crippen LogP contribution in [0.4, 0.5) is 0 Å². The second-order valence-electron chi connectivity index (χ2n) is 2.83. The maximum Gasteiger partial charge on any atom is 0.100 e. The second kappa shape index (κ2) is 20.2. The molecule has 0 aromatic heterocycles. The summed E-state index contributed by atoms with van der Waals surface area (Å²) in [7, 11) is 0. The van der Waals surface area contributed by atoms with E-state index in [0.717, 1.165) is 13.2 Å². The van der Waals surface area contributed by atoms with Crippen LogP contribution in [0, 0.1) is 0 Å². The van der Waals surface area contributed by atoms with Crippen LogP contribution in [-0.4, -0.2) is 70.8 Å². The maximum absolute atomic E-state index is 8.17. The Balaban J connectivity index is -0.000000160. The Hall–Kier alpha value is -0.240. The van der Waals surface area contributed by atoms with E-state index in [2.05, 4.69) is 0 Å². The molecule has 0 saturated heterocycles. The van der Waals surface area contributed by atoms with Crippen LogP contribution in [0.15, 0.2) is 0 Å². The van der Waals surface area contributed by atoms with Crippen LogP contribution in [0.2, 0.25) is 0 Å². The van der Waals surface area contributed by atoms with Crippen LogP contribution in [-0.2, 0) is 4.74 Å². The summed E-state index contributed by atoms with van der Waals surface area (Å²) in [5.74, 6) is 0. The Labute approximate surface area is 97.1 Å². The van der Waals surface area contributed by atoms with Gasteiger partial charge in [0.15, 0.2) is 0 Å². The number of aliphatic hydroxyl groups is 5. The van der Waals surface area contributed by atoms with Crippen molar-refractivity contribution in [3.05, 3.63) is 0 Å². The topological polar surface area (TPSA) is 110 Å². The molecule has 0 heterocycles. The molecule has 0 aliphatic rings. The highest BCUT2D eigenvalue weighted by Crippen LogP contribution is 1.71. The monoisotopic (exact) mass is 242 g/mol. The molecule has 102 valence electrons. The molecule has 0 saturated carbocycles. The van der Waals surface area contributed by atoms with E-state index in [1.54, 1.807) is 0 Å². The molecule has 0 bridgehead atoms. The number of hydrogen-bond donors (Lipinski definition) is 5. The molecule has 0 fully saturated rings. The highest BCUT2D eigenvalue weighted by molar-refractivity contribution is 4.44. The van der Waals surface area contributed by atoms with Crippen molar-refractivity contribution >= 4 is 0 Å². The first-order chi connectivity index (χ1) is 7.49. The Morgan fingerprint density at radius 1 is 0.875 bits per heavy atom. The molecular weight excluding hydrogens is 216 g/mol. The fourth-order valence-corrected chi connectivity index (χ4v) is 0.262. The largest absolute Gasteiger partial charge is 0.394 e. The summed E-state index contributed by atoms with van der Waals surface area (Å²) < 4.78 is 4.83. The predicted octanol–water partition coefficient (Wildman–Crippen LogP) is -1.27. The summed E-state index contributed by atoms with van der Waals surface area (Å²) in [5.41, 5.74) is 0. The van der Waals surface area contributed by atoms with Crippen LogP contribution in [0.25, 0.3) is 0 Å². The van der Waals surface area contributed by atoms with Gasteiger partial charge in [-0.15, -0.1) is 0 Å². The van der Waals surface area contributed by atoms with Gasteiger partial charge < -0.3 is 30.3 Å². The van der Waals surface area contributed by atoms with Gasteiger partial charge in [0, 0.05) is 13.2 Å². The lowest BCUT2D eigenvalue weighted by atomic mass is 10.4. The summed E-state index contributed by atoms with van der Waals surface area (Å²) in [6, 6.07) is 0. The van der Waals surface area contributed by atoms with Gasteiger partial charge in [-0.25, -0.2) is 0 Å². The van der Waals surface area contributed by atoms with Crippen LogP contribution in [0.3, 0.4) is 0 Å². The summed E-state index contributed by atoms with van der Waals surface area (Å²) in [5, 5.41) is 40.0. The zero-order chi connectivity index (χ0) is 13.4. The fourth-order valence-electron chi connectivity index (χ4n) is 0.262. The molecule has 6 nitrogen and oxygen atoms in total. The molecular formula is C10H26O6. The standard InChI is InChI=1S/C4H10O.C3H8O3.C3H8O2/c1-3-5-4-2;4-1-3(6)2-5;1-3(5)2-4/h3-4H2,1-2H3;3-6H,1-2H2;3-5H,2H2,1H3. The van der Waals surface area contributed by atoms with Crippen LogP contribution >= 0.6 is 0 Å². The normalized spacial score (nSPS) is 11.1.